The van der Waals surface area contributed by atoms with Gasteiger partial charge in [-0.2, -0.15) is 0 Å². The largest absolute Gasteiger partial charge is 0.333 e. The number of fused-ring (bicyclic) bond motifs is 1. The predicted octanol–water partition coefficient (Wildman–Crippen LogP) is 2.54. The van der Waals surface area contributed by atoms with E-state index in [1.165, 1.54) is 6.07 Å². The molecule has 118 valence electrons. The molecule has 1 aromatic carbocycles. The summed E-state index contributed by atoms with van der Waals surface area (Å²) in [5.74, 6) is 0.146. The quantitative estimate of drug-likeness (QED) is 0.459. The maximum Gasteiger partial charge on any atom is 0.222 e. The summed E-state index contributed by atoms with van der Waals surface area (Å²) < 4.78 is 15.6. The van der Waals surface area contributed by atoms with Crippen molar-refractivity contribution in [3.05, 3.63) is 65.7 Å². The van der Waals surface area contributed by atoms with Gasteiger partial charge in [0.15, 0.2) is 0 Å². The van der Waals surface area contributed by atoms with E-state index in [0.717, 1.165) is 11.1 Å². The van der Waals surface area contributed by atoms with E-state index in [4.69, 9.17) is 11.6 Å². The molecular formula is C16H11ClFN6+. The molecule has 1 N–H and O–H groups in total. The Bertz CT molecular complexity index is 1010. The van der Waals surface area contributed by atoms with Crippen LogP contribution in [0.25, 0.3) is 22.4 Å². The summed E-state index contributed by atoms with van der Waals surface area (Å²) in [6, 6.07) is 6.50. The van der Waals surface area contributed by atoms with Gasteiger partial charge in [-0.05, 0) is 28.8 Å². The van der Waals surface area contributed by atoms with E-state index in [1.54, 1.807) is 47.7 Å². The summed E-state index contributed by atoms with van der Waals surface area (Å²) in [4.78, 5) is 15.4. The Balaban J connectivity index is 1.68. The zero-order chi connectivity index (χ0) is 16.5. The van der Waals surface area contributed by atoms with Gasteiger partial charge >= 0.3 is 0 Å². The summed E-state index contributed by atoms with van der Waals surface area (Å²) in [6.07, 6.45) is 6.73. The van der Waals surface area contributed by atoms with Crippen LogP contribution in [0.4, 0.5) is 4.39 Å². The number of H-pyrrole nitrogens is 1. The number of rotatable bonds is 3. The molecule has 0 aliphatic heterocycles. The van der Waals surface area contributed by atoms with Gasteiger partial charge in [-0.1, -0.05) is 16.8 Å². The van der Waals surface area contributed by atoms with Gasteiger partial charge in [-0.3, -0.25) is 0 Å². The third-order valence-electron chi connectivity index (χ3n) is 3.52. The maximum atomic E-state index is 13.9. The lowest BCUT2D eigenvalue weighted by Gasteiger charge is -1.96. The number of hydrogen-bond donors (Lipinski definition) is 1. The van der Waals surface area contributed by atoms with Crippen molar-refractivity contribution < 1.29 is 9.07 Å². The highest BCUT2D eigenvalue weighted by Gasteiger charge is 2.14. The maximum absolute atomic E-state index is 13.9. The number of nitrogens with zero attached hydrogens (tertiary/aromatic N) is 5. The van der Waals surface area contributed by atoms with Crippen LogP contribution in [0, 0.1) is 5.82 Å². The van der Waals surface area contributed by atoms with Crippen molar-refractivity contribution in [2.24, 2.45) is 0 Å². The number of nitrogens with one attached hydrogen (secondary N) is 1. The molecule has 0 bridgehead atoms. The van der Waals surface area contributed by atoms with Gasteiger partial charge in [-0.25, -0.2) is 19.3 Å². The van der Waals surface area contributed by atoms with Crippen molar-refractivity contribution in [2.45, 2.75) is 6.54 Å². The fraction of sp³-hybridized carbons (Fsp3) is 0.0625. The van der Waals surface area contributed by atoms with Crippen LogP contribution in [0.15, 0.2) is 49.1 Å². The van der Waals surface area contributed by atoms with Crippen molar-refractivity contribution in [3.63, 3.8) is 0 Å². The van der Waals surface area contributed by atoms with Gasteiger partial charge in [0.2, 0.25) is 18.0 Å². The molecule has 24 heavy (non-hydrogen) atoms. The summed E-state index contributed by atoms with van der Waals surface area (Å²) >= 11 is 5.68. The highest BCUT2D eigenvalue weighted by atomic mass is 35.5. The monoisotopic (exact) mass is 341 g/mol. The molecule has 8 heteroatoms. The van der Waals surface area contributed by atoms with Crippen molar-refractivity contribution in [2.75, 3.05) is 0 Å². The van der Waals surface area contributed by atoms with Crippen LogP contribution in [-0.4, -0.2) is 25.0 Å². The molecule has 0 fully saturated rings. The Labute approximate surface area is 141 Å². The minimum absolute atomic E-state index is 0.204. The highest BCUT2D eigenvalue weighted by molar-refractivity contribution is 6.28. The molecule has 6 nitrogen and oxygen atoms in total. The first-order valence-corrected chi connectivity index (χ1v) is 7.53. The SMILES string of the molecule is Fc1ccccc1-c1nc2cn[n+](Cc3cnc(Cl)nc3)cc2[nH]1. The number of halogens is 2. The van der Waals surface area contributed by atoms with Crippen LogP contribution in [0.2, 0.25) is 5.28 Å². The minimum atomic E-state index is -0.323. The molecule has 4 rings (SSSR count). The Hall–Kier alpha value is -2.93. The Morgan fingerprint density at radius 1 is 1.12 bits per heavy atom. The van der Waals surface area contributed by atoms with Gasteiger partial charge in [0.25, 0.3) is 0 Å². The number of hydrogen-bond acceptors (Lipinski definition) is 4. The average molecular weight is 342 g/mol. The van der Waals surface area contributed by atoms with E-state index in [-0.39, 0.29) is 11.1 Å². The number of benzene rings is 1. The van der Waals surface area contributed by atoms with Crippen molar-refractivity contribution >= 4 is 22.6 Å². The molecule has 0 atom stereocenters. The van der Waals surface area contributed by atoms with E-state index >= 15 is 0 Å². The van der Waals surface area contributed by atoms with Crippen LogP contribution < -0.4 is 4.68 Å². The molecule has 0 aliphatic carbocycles. The molecule has 0 radical (unpaired) electrons. The Kier molecular flexibility index (Phi) is 3.62. The molecule has 3 aromatic heterocycles. The minimum Gasteiger partial charge on any atom is -0.333 e. The van der Waals surface area contributed by atoms with Gasteiger partial charge in [0.1, 0.15) is 28.9 Å². The molecule has 0 saturated carbocycles. The van der Waals surface area contributed by atoms with Crippen LogP contribution in [0.1, 0.15) is 5.56 Å². The van der Waals surface area contributed by atoms with Crippen LogP contribution in [0.5, 0.6) is 0 Å². The molecule has 0 saturated heterocycles. The first-order valence-electron chi connectivity index (χ1n) is 7.16. The van der Waals surface area contributed by atoms with Gasteiger partial charge < -0.3 is 4.98 Å². The standard InChI is InChI=1S/C16H10ClFN6/c17-16-19-5-10(6-20-16)8-24-9-14-13(7-21-24)22-15(23-14)11-3-1-2-4-12(11)18/h1-7,9H,8H2/p+1. The van der Waals surface area contributed by atoms with Gasteiger partial charge in [0.05, 0.1) is 11.1 Å². The topological polar surface area (TPSA) is 71.2 Å². The summed E-state index contributed by atoms with van der Waals surface area (Å²) in [5.41, 5.74) is 2.71. The third-order valence-corrected chi connectivity index (χ3v) is 3.71. The van der Waals surface area contributed by atoms with E-state index < -0.39 is 0 Å². The summed E-state index contributed by atoms with van der Waals surface area (Å²) in [6.45, 7) is 0.487. The van der Waals surface area contributed by atoms with E-state index in [9.17, 15) is 4.39 Å². The third kappa shape index (κ3) is 2.81. The average Bonchev–Trinajstić information content (AvgIpc) is 3.00. The molecule has 3 heterocycles. The van der Waals surface area contributed by atoms with Crippen molar-refractivity contribution in [3.8, 4) is 11.4 Å². The first kappa shape index (κ1) is 14.6. The lowest BCUT2D eigenvalue weighted by Crippen LogP contribution is -2.37. The zero-order valence-electron chi connectivity index (χ0n) is 12.3. The second kappa shape index (κ2) is 5.93. The van der Waals surface area contributed by atoms with Gasteiger partial charge in [0, 0.05) is 12.4 Å². The summed E-state index contributed by atoms with van der Waals surface area (Å²) in [5, 5.41) is 4.51. The first-order chi connectivity index (χ1) is 11.7. The normalized spacial score (nSPS) is 11.1. The number of aromatic nitrogens is 6. The molecule has 4 aromatic rings. The predicted molar refractivity (Wildman–Crippen MR) is 85.6 cm³/mol. The lowest BCUT2D eigenvalue weighted by atomic mass is 10.2. The molecule has 0 aliphatic rings. The van der Waals surface area contributed by atoms with E-state index in [1.807, 2.05) is 0 Å². The Morgan fingerprint density at radius 3 is 2.71 bits per heavy atom. The highest BCUT2D eigenvalue weighted by Crippen LogP contribution is 2.21. The molecule has 0 unspecified atom stereocenters. The fourth-order valence-corrected chi connectivity index (χ4v) is 2.48. The van der Waals surface area contributed by atoms with Crippen LogP contribution in [-0.2, 0) is 6.54 Å². The molecular weight excluding hydrogens is 331 g/mol. The van der Waals surface area contributed by atoms with Crippen LogP contribution in [0.3, 0.4) is 0 Å². The second-order valence-corrected chi connectivity index (χ2v) is 5.53. The van der Waals surface area contributed by atoms with Crippen LogP contribution >= 0.6 is 11.6 Å². The van der Waals surface area contributed by atoms with Gasteiger partial charge in [-0.15, -0.1) is 0 Å². The number of aromatic amines is 1. The summed E-state index contributed by atoms with van der Waals surface area (Å²) in [7, 11) is 0. The van der Waals surface area contributed by atoms with E-state index in [0.29, 0.717) is 23.4 Å². The molecule has 0 spiro atoms. The molecule has 0 amide bonds. The lowest BCUT2D eigenvalue weighted by molar-refractivity contribution is -0.745. The Morgan fingerprint density at radius 2 is 1.92 bits per heavy atom. The van der Waals surface area contributed by atoms with E-state index in [2.05, 4.69) is 25.0 Å². The smallest absolute Gasteiger partial charge is 0.222 e. The fourth-order valence-electron chi connectivity index (χ4n) is 2.38. The zero-order valence-corrected chi connectivity index (χ0v) is 13.1. The number of imidazole rings is 1. The second-order valence-electron chi connectivity index (χ2n) is 5.20. The van der Waals surface area contributed by atoms with Crippen molar-refractivity contribution in [1.82, 2.24) is 25.0 Å². The van der Waals surface area contributed by atoms with Crippen molar-refractivity contribution in [1.29, 1.82) is 0 Å².